The lowest BCUT2D eigenvalue weighted by atomic mass is 10.0. The zero-order valence-corrected chi connectivity index (χ0v) is 21.9. The van der Waals surface area contributed by atoms with Gasteiger partial charge in [-0.05, 0) is 48.4 Å². The van der Waals surface area contributed by atoms with Crippen LogP contribution in [0.15, 0.2) is 36.4 Å². The summed E-state index contributed by atoms with van der Waals surface area (Å²) in [6, 6.07) is 4.69. The highest BCUT2D eigenvalue weighted by atomic mass is 32.3. The highest BCUT2D eigenvalue weighted by Gasteiger charge is 2.37. The Balaban J connectivity index is 2.11. The molecule has 0 spiro atoms. The van der Waals surface area contributed by atoms with Crippen molar-refractivity contribution in [3.8, 4) is 22.8 Å². The topological polar surface area (TPSA) is 132 Å². The van der Waals surface area contributed by atoms with Crippen molar-refractivity contribution in [1.82, 2.24) is 4.57 Å². The Hall–Kier alpha value is -3.94. The summed E-state index contributed by atoms with van der Waals surface area (Å²) < 4.78 is 185. The maximum Gasteiger partial charge on any atom is 0.446 e. The molecule has 4 aromatic rings. The molecule has 4 rings (SSSR count). The van der Waals surface area contributed by atoms with Crippen LogP contribution in [-0.4, -0.2) is 30.5 Å². The molecule has 0 radical (unpaired) electrons. The van der Waals surface area contributed by atoms with E-state index in [2.05, 4.69) is 8.37 Å². The van der Waals surface area contributed by atoms with Crippen LogP contribution < -0.4 is 8.37 Å². The van der Waals surface area contributed by atoms with Crippen LogP contribution >= 0.6 is 0 Å². The normalized spacial score (nSPS) is 12.6. The Labute approximate surface area is 230 Å². The first kappa shape index (κ1) is 31.0. The van der Waals surface area contributed by atoms with Crippen LogP contribution in [0.5, 0.6) is 11.5 Å². The molecule has 0 aliphatic rings. The molecule has 0 saturated carbocycles. The number of benzene rings is 3. The summed E-state index contributed by atoms with van der Waals surface area (Å²) >= 11 is 0. The first-order valence-corrected chi connectivity index (χ1v) is 13.6. The van der Waals surface area contributed by atoms with Gasteiger partial charge in [0.1, 0.15) is 11.5 Å². The third kappa shape index (κ3) is 5.98. The molecule has 2 N–H and O–H groups in total. The average Bonchev–Trinajstić information content (AvgIpc) is 3.12. The van der Waals surface area contributed by atoms with E-state index in [1.165, 1.54) is 0 Å². The second-order valence-corrected chi connectivity index (χ2v) is 10.6. The first-order valence-electron chi connectivity index (χ1n) is 10.9. The maximum absolute atomic E-state index is 14.7. The van der Waals surface area contributed by atoms with E-state index < -0.39 is 96.1 Å². The van der Waals surface area contributed by atoms with Gasteiger partial charge in [-0.1, -0.05) is 0 Å². The zero-order valence-electron chi connectivity index (χ0n) is 20.3. The number of aromatic nitrogens is 1. The Bertz CT molecular complexity index is 1930. The number of nitrogens with zero attached hydrogens (tertiary/aromatic N) is 1. The van der Waals surface area contributed by atoms with Gasteiger partial charge in [0.2, 0.25) is 5.82 Å². The van der Waals surface area contributed by atoms with Gasteiger partial charge in [0.25, 0.3) is 0 Å². The number of alkyl halides is 3. The molecule has 0 amide bonds. The Kier molecular flexibility index (Phi) is 7.68. The maximum atomic E-state index is 14.7. The summed E-state index contributed by atoms with van der Waals surface area (Å²) in [5, 5.41) is -0.720. The Morgan fingerprint density at radius 2 is 1.24 bits per heavy atom. The molecule has 0 bridgehead atoms. The molecular formula is C23H13F8NO8S2. The number of rotatable bonds is 7. The third-order valence-electron chi connectivity index (χ3n) is 5.84. The molecule has 3 aromatic carbocycles. The molecule has 42 heavy (non-hydrogen) atoms. The lowest BCUT2D eigenvalue weighted by Crippen LogP contribution is -2.13. The van der Waals surface area contributed by atoms with E-state index in [-0.39, 0.29) is 22.9 Å². The van der Waals surface area contributed by atoms with E-state index in [9.17, 15) is 52.0 Å². The van der Waals surface area contributed by atoms with Gasteiger partial charge >= 0.3 is 27.0 Å². The first-order chi connectivity index (χ1) is 19.2. The monoisotopic (exact) mass is 647 g/mol. The van der Waals surface area contributed by atoms with Crippen LogP contribution in [-0.2, 0) is 33.5 Å². The predicted octanol–water partition coefficient (Wildman–Crippen LogP) is 5.74. The fourth-order valence-corrected chi connectivity index (χ4v) is 5.01. The Morgan fingerprint density at radius 3 is 1.71 bits per heavy atom. The lowest BCUT2D eigenvalue weighted by molar-refractivity contribution is -0.136. The van der Waals surface area contributed by atoms with Crippen molar-refractivity contribution in [3.63, 3.8) is 0 Å². The third-order valence-corrected chi connectivity index (χ3v) is 6.64. The second-order valence-electron chi connectivity index (χ2n) is 8.52. The minimum absolute atomic E-state index is 0.124. The van der Waals surface area contributed by atoms with Gasteiger partial charge in [0.15, 0.2) is 23.3 Å². The van der Waals surface area contributed by atoms with E-state index in [1.807, 2.05) is 0 Å². The molecule has 0 atom stereocenters. The number of aryl methyl sites for hydroxylation is 1. The van der Waals surface area contributed by atoms with Gasteiger partial charge in [-0.15, -0.1) is 0 Å². The molecule has 0 aliphatic carbocycles. The summed E-state index contributed by atoms with van der Waals surface area (Å²) in [6.45, 7) is -0.227. The second kappa shape index (κ2) is 10.4. The molecule has 226 valence electrons. The summed E-state index contributed by atoms with van der Waals surface area (Å²) in [7, 11) is -10.4. The van der Waals surface area contributed by atoms with Crippen LogP contribution in [0.1, 0.15) is 16.7 Å². The van der Waals surface area contributed by atoms with Crippen LogP contribution in [0.4, 0.5) is 35.1 Å². The van der Waals surface area contributed by atoms with Gasteiger partial charge in [-0.25, -0.2) is 22.0 Å². The van der Waals surface area contributed by atoms with Crippen molar-refractivity contribution >= 4 is 31.7 Å². The zero-order chi connectivity index (χ0) is 31.5. The van der Waals surface area contributed by atoms with E-state index in [0.717, 1.165) is 31.2 Å². The Morgan fingerprint density at radius 1 is 0.762 bits per heavy atom. The molecular weight excluding hydrogens is 634 g/mol. The molecule has 1 aromatic heterocycles. The van der Waals surface area contributed by atoms with E-state index in [1.54, 1.807) is 0 Å². The van der Waals surface area contributed by atoms with Crippen LogP contribution in [0.25, 0.3) is 22.2 Å². The van der Waals surface area contributed by atoms with Gasteiger partial charge in [-0.3, -0.25) is 9.11 Å². The van der Waals surface area contributed by atoms with Crippen molar-refractivity contribution < 1.29 is 69.4 Å². The molecule has 0 saturated heterocycles. The predicted molar refractivity (Wildman–Crippen MR) is 127 cm³/mol. The van der Waals surface area contributed by atoms with Crippen molar-refractivity contribution in [3.05, 3.63) is 82.2 Å². The quantitative estimate of drug-likeness (QED) is 0.112. The summed E-state index contributed by atoms with van der Waals surface area (Å²) in [4.78, 5) is 0. The minimum atomic E-state index is -5.41. The number of halogens is 8. The van der Waals surface area contributed by atoms with E-state index in [4.69, 9.17) is 9.11 Å². The van der Waals surface area contributed by atoms with E-state index in [0.29, 0.717) is 10.6 Å². The fourth-order valence-electron chi connectivity index (χ4n) is 4.32. The van der Waals surface area contributed by atoms with Crippen LogP contribution in [0.3, 0.4) is 0 Å². The molecule has 1 heterocycles. The fraction of sp³-hybridized carbons (Fsp3) is 0.130. The van der Waals surface area contributed by atoms with Gasteiger partial charge in [0, 0.05) is 17.0 Å². The van der Waals surface area contributed by atoms with Crippen LogP contribution in [0, 0.1) is 36.0 Å². The number of hydrogen-bond acceptors (Lipinski definition) is 6. The van der Waals surface area contributed by atoms with Gasteiger partial charge in [0.05, 0.1) is 23.3 Å². The number of fused-ring (bicyclic) bond motifs is 1. The lowest BCUT2D eigenvalue weighted by Gasteiger charge is -2.15. The minimum Gasteiger partial charge on any atom is -0.362 e. The summed E-state index contributed by atoms with van der Waals surface area (Å²) in [6.07, 6.45) is -5.25. The smallest absolute Gasteiger partial charge is 0.362 e. The van der Waals surface area contributed by atoms with Crippen molar-refractivity contribution in [1.29, 1.82) is 0 Å². The highest BCUT2D eigenvalue weighted by Crippen LogP contribution is 2.44. The SMILES string of the molecule is Cc1c(-c2ccc(OS(=O)(=O)O)cc2)n(Cc2c(F)c(F)c(F)c(F)c2F)c2cc(OS(=O)(=O)O)cc(C(F)(F)F)c12. The van der Waals surface area contributed by atoms with Gasteiger partial charge in [-0.2, -0.15) is 30.0 Å². The van der Waals surface area contributed by atoms with Crippen LogP contribution in [0.2, 0.25) is 0 Å². The molecule has 0 fully saturated rings. The van der Waals surface area contributed by atoms with Crippen molar-refractivity contribution in [2.45, 2.75) is 19.6 Å². The molecule has 9 nitrogen and oxygen atoms in total. The average molecular weight is 647 g/mol. The van der Waals surface area contributed by atoms with Crippen molar-refractivity contribution in [2.24, 2.45) is 0 Å². The molecule has 19 heteroatoms. The molecule has 0 aliphatic heterocycles. The summed E-state index contributed by atoms with van der Waals surface area (Å²) in [5.74, 6) is -13.4. The standard InChI is InChI=1S/C23H13F8NO8S2/c1-9-16-14(23(29,30)31)6-12(40-42(36,37)38)7-15(16)32(8-13-17(24)19(26)21(28)20(27)18(13)25)22(9)10-2-4-11(5-3-10)39-41(33,34)35/h2-7H,8H2,1H3,(H,33,34,35)(H,36,37,38). The number of hydrogen-bond donors (Lipinski definition) is 2. The molecule has 0 unspecified atom stereocenters. The van der Waals surface area contributed by atoms with Crippen molar-refractivity contribution in [2.75, 3.05) is 0 Å². The van der Waals surface area contributed by atoms with E-state index >= 15 is 0 Å². The van der Waals surface area contributed by atoms with Gasteiger partial charge < -0.3 is 12.9 Å². The summed E-state index contributed by atoms with van der Waals surface area (Å²) in [5.41, 5.74) is -4.51. The largest absolute Gasteiger partial charge is 0.446 e. The highest BCUT2D eigenvalue weighted by molar-refractivity contribution is 7.81.